The van der Waals surface area contributed by atoms with Crippen molar-refractivity contribution < 1.29 is 14.6 Å². The van der Waals surface area contributed by atoms with Gasteiger partial charge in [0.15, 0.2) is 5.60 Å². The molecule has 0 saturated carbocycles. The number of methoxy groups -OCH3 is 1. The largest absolute Gasteiger partial charge is 0.467 e. The fourth-order valence-electron chi connectivity index (χ4n) is 2.55. The molecule has 5 heteroatoms. The molecule has 0 fully saturated rings. The molecule has 1 unspecified atom stereocenters. The highest BCUT2D eigenvalue weighted by Crippen LogP contribution is 2.25. The van der Waals surface area contributed by atoms with Gasteiger partial charge in [-0.15, -0.1) is 0 Å². The quantitative estimate of drug-likeness (QED) is 0.616. The van der Waals surface area contributed by atoms with Gasteiger partial charge in [0.1, 0.15) is 0 Å². The lowest BCUT2D eigenvalue weighted by Crippen LogP contribution is -2.48. The molecule has 0 saturated heterocycles. The second-order valence-electron chi connectivity index (χ2n) is 5.21. The van der Waals surface area contributed by atoms with Crippen molar-refractivity contribution in [3.63, 3.8) is 0 Å². The number of benzene rings is 1. The van der Waals surface area contributed by atoms with E-state index >= 15 is 0 Å². The van der Waals surface area contributed by atoms with Gasteiger partial charge in [0.25, 0.3) is 0 Å². The molecule has 1 atom stereocenters. The number of carbonyl (C=O) groups excluding carboxylic acids is 1. The number of fused-ring (bicyclic) bond motifs is 1. The minimum Gasteiger partial charge on any atom is -0.467 e. The molecule has 0 aromatic heterocycles. The molecule has 1 aliphatic rings. The first-order chi connectivity index (χ1) is 8.94. The molecule has 0 aliphatic carbocycles. The first-order valence-corrected chi connectivity index (χ1v) is 6.33. The number of carbonyl (C=O) groups is 1. The van der Waals surface area contributed by atoms with E-state index in [0.29, 0.717) is 6.54 Å². The molecule has 0 radical (unpaired) electrons. The van der Waals surface area contributed by atoms with Crippen LogP contribution in [-0.4, -0.2) is 41.8 Å². The molecule has 2 rings (SSSR count). The van der Waals surface area contributed by atoms with Crippen molar-refractivity contribution in [3.05, 3.63) is 29.3 Å². The third kappa shape index (κ3) is 2.88. The molecule has 0 amide bonds. The standard InChI is InChI=1S/C14H20N2O3/c1-14(18,13(17)19-2)9-16-7-6-11-10(8-16)4-3-5-12(11)15/h3-5,18H,6-9,15H2,1-2H3. The first-order valence-electron chi connectivity index (χ1n) is 6.33. The lowest BCUT2D eigenvalue weighted by atomic mass is 9.96. The second-order valence-corrected chi connectivity index (χ2v) is 5.21. The molecule has 1 heterocycles. The predicted octanol–water partition coefficient (Wildman–Crippen LogP) is 0.551. The third-order valence-electron chi connectivity index (χ3n) is 3.54. The van der Waals surface area contributed by atoms with E-state index in [9.17, 15) is 9.90 Å². The van der Waals surface area contributed by atoms with Crippen LogP contribution in [0.5, 0.6) is 0 Å². The predicted molar refractivity (Wildman–Crippen MR) is 72.5 cm³/mol. The molecule has 0 spiro atoms. The van der Waals surface area contributed by atoms with Crippen molar-refractivity contribution in [2.45, 2.75) is 25.5 Å². The molecule has 1 aromatic rings. The zero-order valence-corrected chi connectivity index (χ0v) is 11.3. The molecular formula is C14H20N2O3. The van der Waals surface area contributed by atoms with Gasteiger partial charge in [0, 0.05) is 25.3 Å². The Bertz CT molecular complexity index is 486. The smallest absolute Gasteiger partial charge is 0.338 e. The zero-order valence-electron chi connectivity index (χ0n) is 11.3. The lowest BCUT2D eigenvalue weighted by Gasteiger charge is -2.33. The highest BCUT2D eigenvalue weighted by atomic mass is 16.5. The highest BCUT2D eigenvalue weighted by molar-refractivity contribution is 5.78. The van der Waals surface area contributed by atoms with Crippen LogP contribution in [0.1, 0.15) is 18.1 Å². The number of nitrogens with zero attached hydrogens (tertiary/aromatic N) is 1. The van der Waals surface area contributed by atoms with Gasteiger partial charge < -0.3 is 15.6 Å². The summed E-state index contributed by atoms with van der Waals surface area (Å²) in [4.78, 5) is 13.5. The summed E-state index contributed by atoms with van der Waals surface area (Å²) in [5.41, 5.74) is 7.62. The maximum atomic E-state index is 11.5. The molecule has 1 aromatic carbocycles. The Kier molecular flexibility index (Phi) is 3.78. The van der Waals surface area contributed by atoms with Crippen LogP contribution in [0.15, 0.2) is 18.2 Å². The summed E-state index contributed by atoms with van der Waals surface area (Å²) < 4.78 is 4.61. The minimum atomic E-state index is -1.48. The number of rotatable bonds is 3. The SMILES string of the molecule is COC(=O)C(C)(O)CN1CCc2c(N)cccc2C1. The molecule has 19 heavy (non-hydrogen) atoms. The summed E-state index contributed by atoms with van der Waals surface area (Å²) in [6.07, 6.45) is 0.833. The van der Waals surface area contributed by atoms with Crippen LogP contribution in [0.25, 0.3) is 0 Å². The summed E-state index contributed by atoms with van der Waals surface area (Å²) in [6, 6.07) is 5.86. The maximum absolute atomic E-state index is 11.5. The molecule has 104 valence electrons. The van der Waals surface area contributed by atoms with Gasteiger partial charge in [0.2, 0.25) is 0 Å². The van der Waals surface area contributed by atoms with E-state index in [-0.39, 0.29) is 6.54 Å². The van der Waals surface area contributed by atoms with E-state index in [1.54, 1.807) is 0 Å². The van der Waals surface area contributed by atoms with E-state index in [1.165, 1.54) is 19.6 Å². The topological polar surface area (TPSA) is 75.8 Å². The van der Waals surface area contributed by atoms with E-state index in [4.69, 9.17) is 5.73 Å². The number of β-amino-alcohol motifs (C(OH)–C–C–N with tert-alkyl or cyclic N) is 1. The van der Waals surface area contributed by atoms with Crippen LogP contribution in [-0.2, 0) is 22.5 Å². The number of ether oxygens (including phenoxy) is 1. The van der Waals surface area contributed by atoms with Gasteiger partial charge in [-0.3, -0.25) is 4.90 Å². The Hall–Kier alpha value is -1.59. The Balaban J connectivity index is 2.09. The van der Waals surface area contributed by atoms with Crippen LogP contribution in [0.2, 0.25) is 0 Å². The van der Waals surface area contributed by atoms with Crippen LogP contribution in [0.4, 0.5) is 5.69 Å². The molecular weight excluding hydrogens is 244 g/mol. The van der Waals surface area contributed by atoms with Gasteiger partial charge in [-0.1, -0.05) is 12.1 Å². The highest BCUT2D eigenvalue weighted by Gasteiger charge is 2.34. The Morgan fingerprint density at radius 3 is 3.00 bits per heavy atom. The number of aliphatic hydroxyl groups is 1. The van der Waals surface area contributed by atoms with Gasteiger partial charge in [0.05, 0.1) is 7.11 Å². The average Bonchev–Trinajstić information content (AvgIpc) is 2.37. The van der Waals surface area contributed by atoms with Crippen LogP contribution in [0, 0.1) is 0 Å². The molecule has 3 N–H and O–H groups in total. The monoisotopic (exact) mass is 264 g/mol. The first kappa shape index (κ1) is 13.8. The Morgan fingerprint density at radius 1 is 1.58 bits per heavy atom. The van der Waals surface area contributed by atoms with Crippen molar-refractivity contribution in [2.75, 3.05) is 25.9 Å². The molecule has 5 nitrogen and oxygen atoms in total. The fourth-order valence-corrected chi connectivity index (χ4v) is 2.55. The van der Waals surface area contributed by atoms with Gasteiger partial charge in [-0.2, -0.15) is 0 Å². The number of hydrogen-bond acceptors (Lipinski definition) is 5. The van der Waals surface area contributed by atoms with Crippen molar-refractivity contribution in [3.8, 4) is 0 Å². The van der Waals surface area contributed by atoms with E-state index < -0.39 is 11.6 Å². The van der Waals surface area contributed by atoms with Crippen LogP contribution in [0.3, 0.4) is 0 Å². The van der Waals surface area contributed by atoms with Gasteiger partial charge >= 0.3 is 5.97 Å². The Morgan fingerprint density at radius 2 is 2.32 bits per heavy atom. The third-order valence-corrected chi connectivity index (χ3v) is 3.54. The summed E-state index contributed by atoms with van der Waals surface area (Å²) in [7, 11) is 1.28. The summed E-state index contributed by atoms with van der Waals surface area (Å²) in [6.45, 7) is 3.20. The maximum Gasteiger partial charge on any atom is 0.338 e. The van der Waals surface area contributed by atoms with Crippen LogP contribution < -0.4 is 5.73 Å². The summed E-state index contributed by atoms with van der Waals surface area (Å²) in [5, 5.41) is 10.1. The number of esters is 1. The van der Waals surface area contributed by atoms with Gasteiger partial charge in [-0.25, -0.2) is 4.79 Å². The molecule has 1 aliphatic heterocycles. The molecule has 0 bridgehead atoms. The summed E-state index contributed by atoms with van der Waals surface area (Å²) >= 11 is 0. The van der Waals surface area contributed by atoms with E-state index in [2.05, 4.69) is 4.74 Å². The number of nitrogen functional groups attached to an aromatic ring is 1. The number of anilines is 1. The van der Waals surface area contributed by atoms with Crippen molar-refractivity contribution >= 4 is 11.7 Å². The van der Waals surface area contributed by atoms with Gasteiger partial charge in [-0.05, 0) is 30.5 Å². The number of hydrogen-bond donors (Lipinski definition) is 2. The second kappa shape index (κ2) is 5.19. The number of nitrogens with two attached hydrogens (primary N) is 1. The lowest BCUT2D eigenvalue weighted by molar-refractivity contribution is -0.162. The van der Waals surface area contributed by atoms with Crippen molar-refractivity contribution in [1.82, 2.24) is 4.90 Å². The van der Waals surface area contributed by atoms with Crippen molar-refractivity contribution in [2.24, 2.45) is 0 Å². The van der Waals surface area contributed by atoms with Crippen LogP contribution >= 0.6 is 0 Å². The average molecular weight is 264 g/mol. The summed E-state index contributed by atoms with van der Waals surface area (Å²) in [5.74, 6) is -0.606. The zero-order chi connectivity index (χ0) is 14.0. The van der Waals surface area contributed by atoms with Crippen molar-refractivity contribution in [1.29, 1.82) is 0 Å². The van der Waals surface area contributed by atoms with E-state index in [0.717, 1.165) is 24.2 Å². The normalized spacial score (nSPS) is 18.5. The fraction of sp³-hybridized carbons (Fsp3) is 0.500. The van der Waals surface area contributed by atoms with E-state index in [1.807, 2.05) is 23.1 Å². The minimum absolute atomic E-state index is 0.258. The Labute approximate surface area is 113 Å².